The molecule has 0 aromatic heterocycles. The second-order valence-electron chi connectivity index (χ2n) is 3.01. The Hall–Kier alpha value is -1.02. The smallest absolute Gasteiger partial charge is 0.216 e. The first-order chi connectivity index (χ1) is 6.70. The monoisotopic (exact) mass is 206 g/mol. The fraction of sp³-hybridized carbons (Fsp3) is 0.250. The molecule has 0 atom stereocenters. The molecule has 1 rings (SSSR count). The molecular weight excluding hydrogens is 192 g/mol. The fourth-order valence-electron chi connectivity index (χ4n) is 1.49. The highest BCUT2D eigenvalue weighted by molar-refractivity contribution is 7.97. The van der Waals surface area contributed by atoms with Crippen LogP contribution in [0.5, 0.6) is 0 Å². The van der Waals surface area contributed by atoms with E-state index in [1.807, 2.05) is 25.1 Å². The standard InChI is InChI=1S/C12H14OS/c1-3-6-9-7-5-8-11(12(13)14)10(9)4-2/h4-8H,3H2,1-2H3,(H,13,14). The Bertz CT molecular complexity index is 446. The summed E-state index contributed by atoms with van der Waals surface area (Å²) >= 11 is 3.85. The van der Waals surface area contributed by atoms with Gasteiger partial charge in [0, 0.05) is 5.56 Å². The van der Waals surface area contributed by atoms with E-state index in [1.54, 1.807) is 6.07 Å². The maximum Gasteiger partial charge on any atom is 0.216 e. The van der Waals surface area contributed by atoms with Crippen molar-refractivity contribution in [1.82, 2.24) is 0 Å². The number of hydrogen-bond acceptors (Lipinski definition) is 1. The zero-order chi connectivity index (χ0) is 10.6. The first kappa shape index (κ1) is 11.1. The summed E-state index contributed by atoms with van der Waals surface area (Å²) in [5, 5.41) is 1.91. The van der Waals surface area contributed by atoms with E-state index < -0.39 is 0 Å². The molecule has 14 heavy (non-hydrogen) atoms. The molecule has 0 N–H and O–H groups in total. The third kappa shape index (κ3) is 2.26. The number of hydrogen-bond donors (Lipinski definition) is 1. The number of thiol groups is 1. The summed E-state index contributed by atoms with van der Waals surface area (Å²) in [5.74, 6) is 0. The molecule has 2 heteroatoms. The molecule has 0 radical (unpaired) electrons. The summed E-state index contributed by atoms with van der Waals surface area (Å²) in [6.45, 7) is 4.01. The van der Waals surface area contributed by atoms with Crippen LogP contribution in [0.1, 0.15) is 30.6 Å². The van der Waals surface area contributed by atoms with Crippen LogP contribution < -0.4 is 10.4 Å². The molecule has 0 aliphatic carbocycles. The van der Waals surface area contributed by atoms with Crippen LogP contribution >= 0.6 is 12.6 Å². The van der Waals surface area contributed by atoms with Crippen LogP contribution in [0.15, 0.2) is 18.2 Å². The summed E-state index contributed by atoms with van der Waals surface area (Å²) in [7, 11) is 0. The quantitative estimate of drug-likeness (QED) is 0.730. The summed E-state index contributed by atoms with van der Waals surface area (Å²) in [6, 6.07) is 5.70. The largest absolute Gasteiger partial charge is 0.282 e. The second kappa shape index (κ2) is 5.01. The minimum absolute atomic E-state index is 0.176. The lowest BCUT2D eigenvalue weighted by molar-refractivity contribution is 0.109. The lowest BCUT2D eigenvalue weighted by Gasteiger charge is -1.97. The van der Waals surface area contributed by atoms with Gasteiger partial charge in [-0.3, -0.25) is 4.79 Å². The van der Waals surface area contributed by atoms with E-state index in [0.29, 0.717) is 5.56 Å². The van der Waals surface area contributed by atoms with Crippen molar-refractivity contribution in [1.29, 1.82) is 0 Å². The molecular formula is C12H14OS. The normalized spacial score (nSPS) is 13.4. The number of carbonyl (C=O) groups excluding carboxylic acids is 1. The molecule has 0 spiro atoms. The lowest BCUT2D eigenvalue weighted by Crippen LogP contribution is -2.29. The van der Waals surface area contributed by atoms with Gasteiger partial charge in [-0.05, 0) is 29.8 Å². The zero-order valence-corrected chi connectivity index (χ0v) is 9.34. The van der Waals surface area contributed by atoms with Gasteiger partial charge in [0.2, 0.25) is 5.12 Å². The van der Waals surface area contributed by atoms with Gasteiger partial charge in [0.15, 0.2) is 0 Å². The molecule has 0 bridgehead atoms. The predicted octanol–water partition coefficient (Wildman–Crippen LogP) is 1.75. The lowest BCUT2D eigenvalue weighted by atomic mass is 10.1. The van der Waals surface area contributed by atoms with Crippen LogP contribution in [-0.4, -0.2) is 5.12 Å². The number of rotatable bonds is 2. The molecule has 0 heterocycles. The Morgan fingerprint density at radius 3 is 2.71 bits per heavy atom. The Morgan fingerprint density at radius 2 is 2.21 bits per heavy atom. The van der Waals surface area contributed by atoms with Gasteiger partial charge in [0.25, 0.3) is 0 Å². The van der Waals surface area contributed by atoms with Gasteiger partial charge in [-0.15, -0.1) is 12.6 Å². The maximum absolute atomic E-state index is 11.2. The average Bonchev–Trinajstić information content (AvgIpc) is 2.18. The van der Waals surface area contributed by atoms with Crippen molar-refractivity contribution >= 4 is 29.9 Å². The van der Waals surface area contributed by atoms with E-state index in [0.717, 1.165) is 16.9 Å². The molecule has 0 aliphatic rings. The summed E-state index contributed by atoms with van der Waals surface area (Å²) in [6.07, 6.45) is 5.02. The van der Waals surface area contributed by atoms with Crippen molar-refractivity contribution in [3.63, 3.8) is 0 Å². The van der Waals surface area contributed by atoms with Gasteiger partial charge in [-0.2, -0.15) is 0 Å². The summed E-state index contributed by atoms with van der Waals surface area (Å²) < 4.78 is 0. The van der Waals surface area contributed by atoms with Gasteiger partial charge in [0.05, 0.1) is 0 Å². The molecule has 1 aromatic carbocycles. The van der Waals surface area contributed by atoms with Gasteiger partial charge >= 0.3 is 0 Å². The summed E-state index contributed by atoms with van der Waals surface area (Å²) in [5.41, 5.74) is 0.679. The Balaban J connectivity index is 3.58. The van der Waals surface area contributed by atoms with E-state index in [-0.39, 0.29) is 5.12 Å². The van der Waals surface area contributed by atoms with E-state index in [1.165, 1.54) is 0 Å². The third-order valence-corrected chi connectivity index (χ3v) is 2.32. The molecule has 1 nitrogen and oxygen atoms in total. The van der Waals surface area contributed by atoms with Crippen molar-refractivity contribution < 1.29 is 4.79 Å². The topological polar surface area (TPSA) is 17.1 Å². The van der Waals surface area contributed by atoms with Crippen LogP contribution in [0.4, 0.5) is 0 Å². The SMILES string of the molecule is CC=c1c(C(=O)S)cccc1=CCC. The van der Waals surface area contributed by atoms with Gasteiger partial charge in [0.1, 0.15) is 0 Å². The van der Waals surface area contributed by atoms with Gasteiger partial charge in [-0.25, -0.2) is 0 Å². The highest BCUT2D eigenvalue weighted by Crippen LogP contribution is 1.94. The average molecular weight is 206 g/mol. The highest BCUT2D eigenvalue weighted by Gasteiger charge is 2.01. The maximum atomic E-state index is 11.2. The Kier molecular flexibility index (Phi) is 3.96. The molecule has 74 valence electrons. The Morgan fingerprint density at radius 1 is 1.50 bits per heavy atom. The molecule has 0 unspecified atom stereocenters. The minimum Gasteiger partial charge on any atom is -0.282 e. The molecule has 0 amide bonds. The zero-order valence-electron chi connectivity index (χ0n) is 8.45. The van der Waals surface area contributed by atoms with Crippen molar-refractivity contribution in [2.45, 2.75) is 20.3 Å². The number of benzene rings is 1. The first-order valence-electron chi connectivity index (χ1n) is 4.69. The van der Waals surface area contributed by atoms with Crippen LogP contribution in [0.3, 0.4) is 0 Å². The van der Waals surface area contributed by atoms with Crippen molar-refractivity contribution in [3.05, 3.63) is 34.2 Å². The van der Waals surface area contributed by atoms with Crippen molar-refractivity contribution in [2.75, 3.05) is 0 Å². The van der Waals surface area contributed by atoms with Crippen LogP contribution in [-0.2, 0) is 0 Å². The number of carbonyl (C=O) groups is 1. The van der Waals surface area contributed by atoms with E-state index >= 15 is 0 Å². The molecule has 0 saturated heterocycles. The molecule has 0 fully saturated rings. The van der Waals surface area contributed by atoms with E-state index in [4.69, 9.17) is 0 Å². The van der Waals surface area contributed by atoms with Crippen molar-refractivity contribution in [3.8, 4) is 0 Å². The molecule has 1 aromatic rings. The van der Waals surface area contributed by atoms with Crippen LogP contribution in [0.25, 0.3) is 12.2 Å². The highest BCUT2D eigenvalue weighted by atomic mass is 32.1. The second-order valence-corrected chi connectivity index (χ2v) is 3.42. The molecule has 0 aliphatic heterocycles. The minimum atomic E-state index is -0.176. The predicted molar refractivity (Wildman–Crippen MR) is 63.9 cm³/mol. The van der Waals surface area contributed by atoms with E-state index in [2.05, 4.69) is 25.6 Å². The van der Waals surface area contributed by atoms with Crippen LogP contribution in [0.2, 0.25) is 0 Å². The molecule has 0 saturated carbocycles. The van der Waals surface area contributed by atoms with Crippen LogP contribution in [0, 0.1) is 0 Å². The Labute approximate surface area is 89.6 Å². The third-order valence-electron chi connectivity index (χ3n) is 2.08. The fourth-order valence-corrected chi connectivity index (χ4v) is 1.68. The van der Waals surface area contributed by atoms with E-state index in [9.17, 15) is 4.79 Å². The van der Waals surface area contributed by atoms with Gasteiger partial charge in [-0.1, -0.05) is 31.2 Å². The van der Waals surface area contributed by atoms with Gasteiger partial charge < -0.3 is 0 Å². The summed E-state index contributed by atoms with van der Waals surface area (Å²) in [4.78, 5) is 11.2. The van der Waals surface area contributed by atoms with Crippen molar-refractivity contribution in [2.24, 2.45) is 0 Å². The first-order valence-corrected chi connectivity index (χ1v) is 5.14.